The van der Waals surface area contributed by atoms with Crippen LogP contribution in [0.15, 0.2) is 77.7 Å². The highest BCUT2D eigenvalue weighted by Gasteiger charge is 2.33. The van der Waals surface area contributed by atoms with E-state index in [0.717, 1.165) is 17.1 Å². The summed E-state index contributed by atoms with van der Waals surface area (Å²) in [5, 5.41) is 3.66. The molecule has 39 heavy (non-hydrogen) atoms. The van der Waals surface area contributed by atoms with Crippen LogP contribution in [0.25, 0.3) is 0 Å². The number of nitrogens with zero attached hydrogens (tertiary/aromatic N) is 2. The van der Waals surface area contributed by atoms with Gasteiger partial charge in [-0.15, -0.1) is 0 Å². The Bertz CT molecular complexity index is 1400. The molecule has 0 aliphatic rings. The Morgan fingerprint density at radius 3 is 2.28 bits per heavy atom. The number of sulfonamides is 1. The van der Waals surface area contributed by atoms with Crippen molar-refractivity contribution in [3.05, 3.63) is 93.4 Å². The second-order valence-electron chi connectivity index (χ2n) is 8.89. The van der Waals surface area contributed by atoms with Gasteiger partial charge in [0.25, 0.3) is 10.0 Å². The highest BCUT2D eigenvalue weighted by Crippen LogP contribution is 2.33. The Morgan fingerprint density at radius 1 is 0.923 bits per heavy atom. The summed E-state index contributed by atoms with van der Waals surface area (Å²) in [5.74, 6) is -0.958. The number of carbonyl (C=O) groups excluding carboxylic acids is 2. The van der Waals surface area contributed by atoms with Gasteiger partial charge in [-0.25, -0.2) is 8.42 Å². The number of anilines is 1. The minimum Gasteiger partial charge on any atom is -0.354 e. The zero-order valence-corrected chi connectivity index (χ0v) is 24.7. The third kappa shape index (κ3) is 8.11. The van der Waals surface area contributed by atoms with E-state index in [0.29, 0.717) is 17.1 Å². The normalized spacial score (nSPS) is 12.0. The van der Waals surface area contributed by atoms with Crippen molar-refractivity contribution in [3.63, 3.8) is 0 Å². The molecule has 0 saturated heterocycles. The van der Waals surface area contributed by atoms with E-state index in [4.69, 9.17) is 34.8 Å². The lowest BCUT2D eigenvalue weighted by Crippen LogP contribution is -2.51. The summed E-state index contributed by atoms with van der Waals surface area (Å²) in [6.07, 6.45) is 1.68. The van der Waals surface area contributed by atoms with Crippen molar-refractivity contribution < 1.29 is 18.0 Å². The van der Waals surface area contributed by atoms with Gasteiger partial charge in [-0.2, -0.15) is 0 Å². The monoisotopic (exact) mass is 609 g/mol. The Morgan fingerprint density at radius 2 is 1.62 bits per heavy atom. The molecule has 0 bridgehead atoms. The molecule has 1 N–H and O–H groups in total. The van der Waals surface area contributed by atoms with Crippen LogP contribution in [0.2, 0.25) is 15.1 Å². The fourth-order valence-corrected chi connectivity index (χ4v) is 5.96. The van der Waals surface area contributed by atoms with E-state index in [2.05, 4.69) is 5.32 Å². The number of hydrogen-bond acceptors (Lipinski definition) is 4. The van der Waals surface area contributed by atoms with E-state index in [1.165, 1.54) is 35.2 Å². The maximum Gasteiger partial charge on any atom is 0.264 e. The topological polar surface area (TPSA) is 86.8 Å². The third-order valence-corrected chi connectivity index (χ3v) is 8.59. The molecule has 0 aliphatic heterocycles. The summed E-state index contributed by atoms with van der Waals surface area (Å²) in [4.78, 5) is 28.2. The van der Waals surface area contributed by atoms with Crippen LogP contribution >= 0.6 is 34.8 Å². The van der Waals surface area contributed by atoms with Crippen LogP contribution in [-0.2, 0) is 26.2 Å². The first kappa shape index (κ1) is 30.8. The minimum atomic E-state index is -4.24. The number of carbonyl (C=O) groups is 2. The highest BCUT2D eigenvalue weighted by molar-refractivity contribution is 7.92. The lowest BCUT2D eigenvalue weighted by atomic mass is 10.1. The van der Waals surface area contributed by atoms with Gasteiger partial charge in [-0.3, -0.25) is 13.9 Å². The molecular formula is C28H30Cl3N3O4S. The molecule has 0 aliphatic carbocycles. The van der Waals surface area contributed by atoms with Crippen LogP contribution in [0.3, 0.4) is 0 Å². The van der Waals surface area contributed by atoms with Gasteiger partial charge in [0.05, 0.1) is 15.6 Å². The van der Waals surface area contributed by atoms with Gasteiger partial charge in [0.2, 0.25) is 11.8 Å². The van der Waals surface area contributed by atoms with Gasteiger partial charge in [-0.05, 0) is 61.4 Å². The number of nitrogens with one attached hydrogen (secondary N) is 1. The summed E-state index contributed by atoms with van der Waals surface area (Å²) in [6, 6.07) is 18.1. The molecule has 0 spiro atoms. The smallest absolute Gasteiger partial charge is 0.264 e. The molecule has 208 valence electrons. The SMILES string of the molecule is CCCCNC(=O)C(C)N(Cc1cccc(Cl)c1)C(=O)CN(c1cc(Cl)ccc1Cl)S(=O)(=O)c1ccccc1. The van der Waals surface area contributed by atoms with Gasteiger partial charge >= 0.3 is 0 Å². The van der Waals surface area contributed by atoms with Crippen LogP contribution in [0, 0.1) is 0 Å². The van der Waals surface area contributed by atoms with Crippen molar-refractivity contribution in [1.29, 1.82) is 0 Å². The molecule has 0 aromatic heterocycles. The number of halogens is 3. The van der Waals surface area contributed by atoms with Crippen molar-refractivity contribution >= 4 is 62.3 Å². The van der Waals surface area contributed by atoms with Crippen LogP contribution in [0.4, 0.5) is 5.69 Å². The predicted octanol–water partition coefficient (Wildman–Crippen LogP) is 6.18. The fraction of sp³-hybridized carbons (Fsp3) is 0.286. The molecule has 3 aromatic carbocycles. The second kappa shape index (κ2) is 14.0. The molecular weight excluding hydrogens is 581 g/mol. The minimum absolute atomic E-state index is 0.0272. The Labute approximate surface area is 244 Å². The summed E-state index contributed by atoms with van der Waals surface area (Å²) in [5.41, 5.74) is 0.728. The summed E-state index contributed by atoms with van der Waals surface area (Å²) < 4.78 is 28.5. The average molecular weight is 611 g/mol. The number of hydrogen-bond donors (Lipinski definition) is 1. The molecule has 3 rings (SSSR count). The lowest BCUT2D eigenvalue weighted by Gasteiger charge is -2.32. The van der Waals surface area contributed by atoms with Gasteiger partial charge in [0.15, 0.2) is 0 Å². The highest BCUT2D eigenvalue weighted by atomic mass is 35.5. The quantitative estimate of drug-likeness (QED) is 0.248. The van der Waals surface area contributed by atoms with Gasteiger partial charge in [0, 0.05) is 23.1 Å². The van der Waals surface area contributed by atoms with Crippen molar-refractivity contribution in [2.24, 2.45) is 0 Å². The van der Waals surface area contributed by atoms with Gasteiger partial charge in [0.1, 0.15) is 12.6 Å². The first-order valence-electron chi connectivity index (χ1n) is 12.4. The molecule has 2 amide bonds. The third-order valence-electron chi connectivity index (χ3n) is 6.03. The number of benzene rings is 3. The van der Waals surface area contributed by atoms with Crippen molar-refractivity contribution in [3.8, 4) is 0 Å². The van der Waals surface area contributed by atoms with E-state index >= 15 is 0 Å². The van der Waals surface area contributed by atoms with Crippen molar-refractivity contribution in [2.45, 2.75) is 44.2 Å². The maximum absolute atomic E-state index is 13.9. The number of unbranched alkanes of at least 4 members (excludes halogenated alkanes) is 1. The van der Waals surface area contributed by atoms with Gasteiger partial charge < -0.3 is 10.2 Å². The second-order valence-corrected chi connectivity index (χ2v) is 12.0. The Kier molecular flexibility index (Phi) is 11.1. The fourth-order valence-electron chi connectivity index (χ4n) is 3.86. The molecule has 0 radical (unpaired) electrons. The van der Waals surface area contributed by atoms with Gasteiger partial charge in [-0.1, -0.05) is 78.5 Å². The largest absolute Gasteiger partial charge is 0.354 e. The number of amides is 2. The zero-order valence-electron chi connectivity index (χ0n) is 21.6. The maximum atomic E-state index is 13.9. The predicted molar refractivity (Wildman–Crippen MR) is 157 cm³/mol. The summed E-state index contributed by atoms with van der Waals surface area (Å²) in [7, 11) is -4.24. The van der Waals surface area contributed by atoms with E-state index in [-0.39, 0.29) is 33.1 Å². The van der Waals surface area contributed by atoms with E-state index in [1.54, 1.807) is 49.4 Å². The summed E-state index contributed by atoms with van der Waals surface area (Å²) in [6.45, 7) is 3.49. The van der Waals surface area contributed by atoms with Crippen LogP contribution < -0.4 is 9.62 Å². The first-order chi connectivity index (χ1) is 18.5. The van der Waals surface area contributed by atoms with E-state index < -0.39 is 28.5 Å². The first-order valence-corrected chi connectivity index (χ1v) is 15.0. The Hall–Kier alpha value is -2.78. The molecule has 0 fully saturated rings. The number of rotatable bonds is 12. The van der Waals surface area contributed by atoms with E-state index in [1.807, 2.05) is 6.92 Å². The standard InChI is InChI=1S/C28H30Cl3N3O4S/c1-3-4-15-32-28(36)20(2)33(18-21-9-8-10-22(29)16-21)27(35)19-34(26-17-23(30)13-14-25(26)31)39(37,38)24-11-6-5-7-12-24/h5-14,16-17,20H,3-4,15,18-19H2,1-2H3,(H,32,36). The lowest BCUT2D eigenvalue weighted by molar-refractivity contribution is -0.139. The van der Waals surface area contributed by atoms with Crippen molar-refractivity contribution in [2.75, 3.05) is 17.4 Å². The Balaban J connectivity index is 2.03. The molecule has 3 aromatic rings. The van der Waals surface area contributed by atoms with Crippen LogP contribution in [0.1, 0.15) is 32.3 Å². The van der Waals surface area contributed by atoms with Crippen LogP contribution in [-0.4, -0.2) is 44.3 Å². The molecule has 0 heterocycles. The average Bonchev–Trinajstić information content (AvgIpc) is 2.92. The van der Waals surface area contributed by atoms with E-state index in [9.17, 15) is 18.0 Å². The summed E-state index contributed by atoms with van der Waals surface area (Å²) >= 11 is 18.8. The zero-order chi connectivity index (χ0) is 28.6. The van der Waals surface area contributed by atoms with Crippen molar-refractivity contribution in [1.82, 2.24) is 10.2 Å². The molecule has 0 saturated carbocycles. The molecule has 11 heteroatoms. The molecule has 1 atom stereocenters. The van der Waals surface area contributed by atoms with Crippen LogP contribution in [0.5, 0.6) is 0 Å². The molecule has 7 nitrogen and oxygen atoms in total. The molecule has 1 unspecified atom stereocenters.